The van der Waals surface area contributed by atoms with Gasteiger partial charge in [0.15, 0.2) is 11.6 Å². The number of pyridine rings is 1. The van der Waals surface area contributed by atoms with Crippen LogP contribution in [0, 0.1) is 13.8 Å². The lowest BCUT2D eigenvalue weighted by Gasteiger charge is -2.24. The second-order valence-corrected chi connectivity index (χ2v) is 13.2. The molecule has 0 saturated carbocycles. The van der Waals surface area contributed by atoms with E-state index in [0.29, 0.717) is 28.5 Å². The molecule has 44 heavy (non-hydrogen) atoms. The topological polar surface area (TPSA) is 146 Å². The summed E-state index contributed by atoms with van der Waals surface area (Å²) >= 11 is 0. The van der Waals surface area contributed by atoms with Crippen molar-refractivity contribution in [1.82, 2.24) is 29.8 Å². The first-order valence-electron chi connectivity index (χ1n) is 13.8. The highest BCUT2D eigenvalue weighted by Gasteiger charge is 2.23. The van der Waals surface area contributed by atoms with Crippen molar-refractivity contribution in [2.45, 2.75) is 40.0 Å². The van der Waals surface area contributed by atoms with Crippen LogP contribution in [0.4, 0.5) is 11.4 Å². The number of hydrogen-bond donors (Lipinski definition) is 2. The van der Waals surface area contributed by atoms with Gasteiger partial charge in [-0.05, 0) is 66.8 Å². The summed E-state index contributed by atoms with van der Waals surface area (Å²) in [6.45, 7) is 9.84. The second-order valence-electron chi connectivity index (χ2n) is 11.5. The Morgan fingerprint density at radius 1 is 1.02 bits per heavy atom. The number of amides is 1. The molecule has 0 saturated heterocycles. The third-order valence-electron chi connectivity index (χ3n) is 7.07. The van der Waals surface area contributed by atoms with Crippen molar-refractivity contribution in [3.63, 3.8) is 0 Å². The number of ether oxygens (including phenoxy) is 1. The van der Waals surface area contributed by atoms with E-state index < -0.39 is 15.9 Å². The predicted octanol–water partition coefficient (Wildman–Crippen LogP) is 5.06. The Morgan fingerprint density at radius 3 is 2.43 bits per heavy atom. The van der Waals surface area contributed by atoms with Gasteiger partial charge in [-0.15, -0.1) is 5.10 Å². The SMILES string of the molecule is COc1c(NC(=O)c2ccc(C)c(-n3cc(-c4cnn(-c5ccccn5)c4C)nn3)c2)cc(C(C)(C)C)cc1NS(C)(=O)=O. The number of nitrogens with zero attached hydrogens (tertiary/aromatic N) is 6. The van der Waals surface area contributed by atoms with Crippen LogP contribution in [0.2, 0.25) is 0 Å². The number of anilines is 2. The fraction of sp³-hybridized carbons (Fsp3) is 0.258. The van der Waals surface area contributed by atoms with Gasteiger partial charge >= 0.3 is 0 Å². The molecular formula is C31H34N8O4S. The lowest BCUT2D eigenvalue weighted by atomic mass is 9.86. The lowest BCUT2D eigenvalue weighted by molar-refractivity contribution is 0.102. The Bertz CT molecular complexity index is 1960. The monoisotopic (exact) mass is 614 g/mol. The molecule has 0 bridgehead atoms. The first-order chi connectivity index (χ1) is 20.7. The smallest absolute Gasteiger partial charge is 0.255 e. The first-order valence-corrected chi connectivity index (χ1v) is 15.7. The first kappa shape index (κ1) is 30.4. The molecule has 3 aromatic heterocycles. The van der Waals surface area contributed by atoms with Crippen LogP contribution in [0.3, 0.4) is 0 Å². The van der Waals surface area contributed by atoms with E-state index in [1.807, 2.05) is 58.9 Å². The number of methoxy groups -OCH3 is 1. The fourth-order valence-electron chi connectivity index (χ4n) is 4.72. The largest absolute Gasteiger partial charge is 0.492 e. The number of rotatable bonds is 8. The standard InChI is InChI=1S/C31H34N8O4S/c1-19-11-12-21(30(40)34-24-15-22(31(3,4)5)16-25(29(24)43-6)36-44(7,41)42)14-27(19)38-18-26(35-37-38)23-17-33-39(20(23)2)28-10-8-9-13-32-28/h8-18,36H,1-7H3,(H,34,40). The molecule has 2 N–H and O–H groups in total. The summed E-state index contributed by atoms with van der Waals surface area (Å²) in [5.41, 5.74) is 5.23. The molecule has 5 rings (SSSR count). The molecule has 1 amide bonds. The van der Waals surface area contributed by atoms with Crippen LogP contribution in [0.1, 0.15) is 48.0 Å². The van der Waals surface area contributed by atoms with Crippen molar-refractivity contribution < 1.29 is 17.9 Å². The van der Waals surface area contributed by atoms with Gasteiger partial charge in [0.25, 0.3) is 5.91 Å². The van der Waals surface area contributed by atoms with Crippen LogP contribution in [-0.2, 0) is 15.4 Å². The zero-order chi connectivity index (χ0) is 31.8. The third-order valence-corrected chi connectivity index (χ3v) is 7.66. The summed E-state index contributed by atoms with van der Waals surface area (Å²) in [4.78, 5) is 17.9. The number of aryl methyl sites for hydroxylation is 1. The van der Waals surface area contributed by atoms with Gasteiger partial charge in [-0.25, -0.2) is 22.8 Å². The molecule has 3 heterocycles. The van der Waals surface area contributed by atoms with Gasteiger partial charge in [0, 0.05) is 17.3 Å². The highest BCUT2D eigenvalue weighted by Crippen LogP contribution is 2.39. The highest BCUT2D eigenvalue weighted by molar-refractivity contribution is 7.92. The maximum absolute atomic E-state index is 13.6. The minimum absolute atomic E-state index is 0.201. The van der Waals surface area contributed by atoms with E-state index >= 15 is 0 Å². The molecule has 0 spiro atoms. The normalized spacial score (nSPS) is 11.8. The van der Waals surface area contributed by atoms with E-state index in [2.05, 4.69) is 30.4 Å². The molecule has 12 nitrogen and oxygen atoms in total. The van der Waals surface area contributed by atoms with Crippen LogP contribution >= 0.6 is 0 Å². The summed E-state index contributed by atoms with van der Waals surface area (Å²) in [6, 6.07) is 14.4. The number of aromatic nitrogens is 6. The quantitative estimate of drug-likeness (QED) is 0.247. The zero-order valence-corrected chi connectivity index (χ0v) is 26.4. The van der Waals surface area contributed by atoms with Gasteiger partial charge in [0.05, 0.1) is 48.5 Å². The van der Waals surface area contributed by atoms with Crippen LogP contribution in [0.15, 0.2) is 67.1 Å². The summed E-state index contributed by atoms with van der Waals surface area (Å²) in [5.74, 6) is 0.488. The van der Waals surface area contributed by atoms with Crippen LogP contribution in [0.25, 0.3) is 22.8 Å². The maximum atomic E-state index is 13.6. The van der Waals surface area contributed by atoms with Gasteiger partial charge in [-0.1, -0.05) is 38.1 Å². The third kappa shape index (κ3) is 6.32. The Morgan fingerprint density at radius 2 is 1.77 bits per heavy atom. The maximum Gasteiger partial charge on any atom is 0.255 e. The van der Waals surface area contributed by atoms with E-state index in [9.17, 15) is 13.2 Å². The summed E-state index contributed by atoms with van der Waals surface area (Å²) in [5, 5.41) is 16.1. The Labute approximate surface area is 256 Å². The van der Waals surface area contributed by atoms with Crippen molar-refractivity contribution in [1.29, 1.82) is 0 Å². The molecule has 13 heteroatoms. The molecule has 0 radical (unpaired) electrons. The molecule has 2 aromatic carbocycles. The lowest BCUT2D eigenvalue weighted by Crippen LogP contribution is -2.18. The van der Waals surface area contributed by atoms with Gasteiger partial charge in [-0.3, -0.25) is 9.52 Å². The van der Waals surface area contributed by atoms with Crippen molar-refractivity contribution in [2.24, 2.45) is 0 Å². The summed E-state index contributed by atoms with van der Waals surface area (Å²) in [6.07, 6.45) is 6.28. The van der Waals surface area contributed by atoms with E-state index in [1.54, 1.807) is 52.2 Å². The minimum Gasteiger partial charge on any atom is -0.492 e. The molecule has 0 unspecified atom stereocenters. The summed E-state index contributed by atoms with van der Waals surface area (Å²) < 4.78 is 35.6. The van der Waals surface area contributed by atoms with Crippen molar-refractivity contribution >= 4 is 27.3 Å². The van der Waals surface area contributed by atoms with Gasteiger partial charge in [-0.2, -0.15) is 5.10 Å². The average molecular weight is 615 g/mol. The van der Waals surface area contributed by atoms with Crippen LogP contribution in [-0.4, -0.2) is 57.4 Å². The molecule has 0 aliphatic heterocycles. The van der Waals surface area contributed by atoms with Crippen LogP contribution < -0.4 is 14.8 Å². The molecule has 5 aromatic rings. The molecule has 0 atom stereocenters. The van der Waals surface area contributed by atoms with Crippen molar-refractivity contribution in [3.8, 4) is 28.5 Å². The number of benzene rings is 2. The number of carbonyl (C=O) groups excluding carboxylic acids is 1. The molecular weight excluding hydrogens is 580 g/mol. The average Bonchev–Trinajstić information content (AvgIpc) is 3.59. The summed E-state index contributed by atoms with van der Waals surface area (Å²) in [7, 11) is -2.19. The van der Waals surface area contributed by atoms with Gasteiger partial charge in [0.1, 0.15) is 5.69 Å². The molecule has 0 fully saturated rings. The number of sulfonamides is 1. The Kier molecular flexibility index (Phi) is 8.00. The number of hydrogen-bond acceptors (Lipinski definition) is 8. The van der Waals surface area contributed by atoms with E-state index in [-0.39, 0.29) is 16.9 Å². The highest BCUT2D eigenvalue weighted by atomic mass is 32.2. The van der Waals surface area contributed by atoms with E-state index in [4.69, 9.17) is 4.74 Å². The number of nitrogens with one attached hydrogen (secondary N) is 2. The zero-order valence-electron chi connectivity index (χ0n) is 25.6. The Balaban J connectivity index is 1.47. The molecule has 0 aliphatic carbocycles. The van der Waals surface area contributed by atoms with Gasteiger partial charge < -0.3 is 10.1 Å². The second kappa shape index (κ2) is 11.6. The minimum atomic E-state index is -3.61. The molecule has 0 aliphatic rings. The fourth-order valence-corrected chi connectivity index (χ4v) is 5.27. The van der Waals surface area contributed by atoms with E-state index in [0.717, 1.165) is 28.6 Å². The Hall–Kier alpha value is -5.04. The van der Waals surface area contributed by atoms with Crippen molar-refractivity contribution in [2.75, 3.05) is 23.4 Å². The predicted molar refractivity (Wildman–Crippen MR) is 169 cm³/mol. The van der Waals surface area contributed by atoms with Crippen molar-refractivity contribution in [3.05, 3.63) is 89.5 Å². The van der Waals surface area contributed by atoms with E-state index in [1.165, 1.54) is 7.11 Å². The molecule has 228 valence electrons. The van der Waals surface area contributed by atoms with Gasteiger partial charge in [0.2, 0.25) is 10.0 Å². The van der Waals surface area contributed by atoms with Crippen LogP contribution in [0.5, 0.6) is 5.75 Å². The number of carbonyl (C=O) groups is 1.